The number of hydrogen-bond acceptors (Lipinski definition) is 4. The molecule has 0 aliphatic rings. The zero-order valence-electron chi connectivity index (χ0n) is 11.9. The summed E-state index contributed by atoms with van der Waals surface area (Å²) < 4.78 is 5.70. The van der Waals surface area contributed by atoms with E-state index in [1.54, 1.807) is 0 Å². The van der Waals surface area contributed by atoms with E-state index < -0.39 is 11.6 Å². The number of esters is 1. The largest absolute Gasteiger partial charge is 0.455 e. The second kappa shape index (κ2) is 5.54. The summed E-state index contributed by atoms with van der Waals surface area (Å²) in [5, 5.41) is 0. The van der Waals surface area contributed by atoms with Gasteiger partial charge in [-0.15, -0.1) is 11.3 Å². The standard InChI is InChI=1S/C15H16ClNO2S/c1-9-5-7-10(8-6-9)12-11(17-14(16)20-12)13(18)19-15(2,3)4/h5-8H,1-4H3. The molecule has 0 bridgehead atoms. The lowest BCUT2D eigenvalue weighted by atomic mass is 10.1. The number of thiazole rings is 1. The van der Waals surface area contributed by atoms with Crippen molar-refractivity contribution in [3.05, 3.63) is 40.0 Å². The maximum atomic E-state index is 12.2. The summed E-state index contributed by atoms with van der Waals surface area (Å²) in [7, 11) is 0. The Balaban J connectivity index is 2.40. The molecule has 0 N–H and O–H groups in total. The van der Waals surface area contributed by atoms with Crippen molar-refractivity contribution in [1.29, 1.82) is 0 Å². The Morgan fingerprint density at radius 3 is 2.40 bits per heavy atom. The van der Waals surface area contributed by atoms with Crippen molar-refractivity contribution in [2.75, 3.05) is 0 Å². The van der Waals surface area contributed by atoms with Crippen LogP contribution in [0.2, 0.25) is 4.47 Å². The number of carbonyl (C=O) groups is 1. The van der Waals surface area contributed by atoms with Crippen molar-refractivity contribution in [1.82, 2.24) is 4.98 Å². The van der Waals surface area contributed by atoms with Gasteiger partial charge in [-0.25, -0.2) is 9.78 Å². The molecule has 0 spiro atoms. The maximum Gasteiger partial charge on any atom is 0.359 e. The molecule has 1 heterocycles. The number of benzene rings is 1. The van der Waals surface area contributed by atoms with Gasteiger partial charge < -0.3 is 4.74 Å². The van der Waals surface area contributed by atoms with Gasteiger partial charge in [-0.2, -0.15) is 0 Å². The number of aryl methyl sites for hydroxylation is 1. The fraction of sp³-hybridized carbons (Fsp3) is 0.333. The first kappa shape index (κ1) is 15.0. The van der Waals surface area contributed by atoms with Gasteiger partial charge in [0.2, 0.25) is 0 Å². The smallest absolute Gasteiger partial charge is 0.359 e. The topological polar surface area (TPSA) is 39.2 Å². The minimum Gasteiger partial charge on any atom is -0.455 e. The van der Waals surface area contributed by atoms with E-state index >= 15 is 0 Å². The molecule has 0 atom stereocenters. The Bertz CT molecular complexity index is 626. The SMILES string of the molecule is Cc1ccc(-c2sc(Cl)nc2C(=O)OC(C)(C)C)cc1. The van der Waals surface area contributed by atoms with Crippen LogP contribution in [0.25, 0.3) is 10.4 Å². The average molecular weight is 310 g/mol. The van der Waals surface area contributed by atoms with E-state index in [-0.39, 0.29) is 5.69 Å². The third kappa shape index (κ3) is 3.58. The molecule has 3 nitrogen and oxygen atoms in total. The highest BCUT2D eigenvalue weighted by Crippen LogP contribution is 2.34. The number of halogens is 1. The van der Waals surface area contributed by atoms with Crippen LogP contribution in [-0.2, 0) is 4.74 Å². The van der Waals surface area contributed by atoms with Crippen molar-refractivity contribution >= 4 is 28.9 Å². The summed E-state index contributed by atoms with van der Waals surface area (Å²) in [6, 6.07) is 7.88. The quantitative estimate of drug-likeness (QED) is 0.753. The minimum atomic E-state index is -0.558. The molecule has 1 aromatic heterocycles. The summed E-state index contributed by atoms with van der Waals surface area (Å²) in [5.74, 6) is -0.448. The van der Waals surface area contributed by atoms with Gasteiger partial charge in [0.15, 0.2) is 10.2 Å². The lowest BCUT2D eigenvalue weighted by Gasteiger charge is -2.19. The Morgan fingerprint density at radius 1 is 1.25 bits per heavy atom. The molecule has 0 saturated heterocycles. The first-order valence-electron chi connectivity index (χ1n) is 6.23. The number of ether oxygens (including phenoxy) is 1. The molecule has 0 saturated carbocycles. The van der Waals surface area contributed by atoms with Gasteiger partial charge in [-0.1, -0.05) is 41.4 Å². The molecular weight excluding hydrogens is 294 g/mol. The fourth-order valence-corrected chi connectivity index (χ4v) is 2.76. The highest BCUT2D eigenvalue weighted by atomic mass is 35.5. The number of rotatable bonds is 2. The van der Waals surface area contributed by atoms with Crippen LogP contribution in [0.1, 0.15) is 36.8 Å². The zero-order valence-corrected chi connectivity index (χ0v) is 13.4. The molecule has 0 unspecified atom stereocenters. The van der Waals surface area contributed by atoms with Crippen molar-refractivity contribution in [3.63, 3.8) is 0 Å². The molecule has 1 aromatic carbocycles. The predicted molar refractivity (Wildman–Crippen MR) is 82.5 cm³/mol. The molecule has 5 heteroatoms. The molecule has 0 aliphatic carbocycles. The summed E-state index contributed by atoms with van der Waals surface area (Å²) in [4.78, 5) is 17.0. The fourth-order valence-electron chi connectivity index (χ4n) is 1.66. The van der Waals surface area contributed by atoms with Gasteiger partial charge in [0.1, 0.15) is 5.60 Å². The van der Waals surface area contributed by atoms with Crippen LogP contribution in [0, 0.1) is 6.92 Å². The van der Waals surface area contributed by atoms with E-state index in [1.807, 2.05) is 52.0 Å². The number of carbonyl (C=O) groups excluding carboxylic acids is 1. The van der Waals surface area contributed by atoms with E-state index in [0.717, 1.165) is 16.0 Å². The summed E-state index contributed by atoms with van der Waals surface area (Å²) in [6.45, 7) is 7.48. The van der Waals surface area contributed by atoms with Crippen LogP contribution < -0.4 is 0 Å². The van der Waals surface area contributed by atoms with Crippen LogP contribution in [-0.4, -0.2) is 16.6 Å². The van der Waals surface area contributed by atoms with Crippen LogP contribution in [0.4, 0.5) is 0 Å². The van der Waals surface area contributed by atoms with Gasteiger partial charge in [0.05, 0.1) is 4.88 Å². The monoisotopic (exact) mass is 309 g/mol. The molecule has 0 aliphatic heterocycles. The van der Waals surface area contributed by atoms with Crippen molar-refractivity contribution < 1.29 is 9.53 Å². The summed E-state index contributed by atoms with van der Waals surface area (Å²) >= 11 is 7.24. The number of aromatic nitrogens is 1. The summed E-state index contributed by atoms with van der Waals surface area (Å²) in [6.07, 6.45) is 0. The molecule has 0 fully saturated rings. The van der Waals surface area contributed by atoms with E-state index in [0.29, 0.717) is 4.47 Å². The normalized spacial score (nSPS) is 11.4. The zero-order chi connectivity index (χ0) is 14.9. The molecule has 2 rings (SSSR count). The molecule has 20 heavy (non-hydrogen) atoms. The van der Waals surface area contributed by atoms with Crippen molar-refractivity contribution in [2.45, 2.75) is 33.3 Å². The summed E-state index contributed by atoms with van der Waals surface area (Å²) in [5.41, 5.74) is 1.79. The van der Waals surface area contributed by atoms with E-state index in [9.17, 15) is 4.79 Å². The van der Waals surface area contributed by atoms with Gasteiger partial charge >= 0.3 is 5.97 Å². The minimum absolute atomic E-state index is 0.277. The highest BCUT2D eigenvalue weighted by Gasteiger charge is 2.24. The number of nitrogens with zero attached hydrogens (tertiary/aromatic N) is 1. The third-order valence-corrected chi connectivity index (χ3v) is 3.72. The van der Waals surface area contributed by atoms with Gasteiger partial charge in [-0.3, -0.25) is 0 Å². The predicted octanol–water partition coefficient (Wildman–Crippen LogP) is 4.73. The van der Waals surface area contributed by atoms with Crippen LogP contribution in [0.15, 0.2) is 24.3 Å². The third-order valence-electron chi connectivity index (χ3n) is 2.51. The second-order valence-electron chi connectivity index (χ2n) is 5.51. The molecular formula is C15H16ClNO2S. The van der Waals surface area contributed by atoms with Crippen LogP contribution >= 0.6 is 22.9 Å². The van der Waals surface area contributed by atoms with E-state index in [4.69, 9.17) is 16.3 Å². The lowest BCUT2D eigenvalue weighted by Crippen LogP contribution is -2.24. The van der Waals surface area contributed by atoms with Gasteiger partial charge in [0.25, 0.3) is 0 Å². The first-order valence-corrected chi connectivity index (χ1v) is 7.42. The molecule has 0 amide bonds. The Morgan fingerprint density at radius 2 is 1.85 bits per heavy atom. The van der Waals surface area contributed by atoms with Crippen molar-refractivity contribution in [3.8, 4) is 10.4 Å². The van der Waals surface area contributed by atoms with E-state index in [2.05, 4.69) is 4.98 Å². The first-order chi connectivity index (χ1) is 9.26. The maximum absolute atomic E-state index is 12.2. The Labute approximate surface area is 127 Å². The van der Waals surface area contributed by atoms with Gasteiger partial charge in [0, 0.05) is 0 Å². The average Bonchev–Trinajstić information content (AvgIpc) is 2.70. The Hall–Kier alpha value is -1.39. The second-order valence-corrected chi connectivity index (χ2v) is 7.09. The molecule has 0 radical (unpaired) electrons. The van der Waals surface area contributed by atoms with Gasteiger partial charge in [-0.05, 0) is 33.3 Å². The highest BCUT2D eigenvalue weighted by molar-refractivity contribution is 7.19. The van der Waals surface area contributed by atoms with E-state index in [1.165, 1.54) is 11.3 Å². The van der Waals surface area contributed by atoms with Crippen LogP contribution in [0.5, 0.6) is 0 Å². The lowest BCUT2D eigenvalue weighted by molar-refractivity contribution is 0.00646. The molecule has 106 valence electrons. The van der Waals surface area contributed by atoms with Crippen molar-refractivity contribution in [2.24, 2.45) is 0 Å². The Kier molecular flexibility index (Phi) is 4.16. The van der Waals surface area contributed by atoms with Crippen LogP contribution in [0.3, 0.4) is 0 Å². The molecule has 2 aromatic rings. The number of hydrogen-bond donors (Lipinski definition) is 0.